The molecule has 0 saturated carbocycles. The van der Waals surface area contributed by atoms with Crippen LogP contribution in [-0.4, -0.2) is 29.3 Å². The third kappa shape index (κ3) is 2.93. The number of aliphatic hydroxyl groups is 1. The first kappa shape index (κ1) is 13.6. The fourth-order valence-electron chi connectivity index (χ4n) is 2.65. The highest BCUT2D eigenvalue weighted by atomic mass is 16.5. The Kier molecular flexibility index (Phi) is 3.78. The fraction of sp³-hybridized carbons (Fsp3) is 0.786. The van der Waals surface area contributed by atoms with Gasteiger partial charge in [0.1, 0.15) is 0 Å². The number of nitrogens with zero attached hydrogens (tertiary/aromatic N) is 1. The first-order valence-electron chi connectivity index (χ1n) is 6.76. The van der Waals surface area contributed by atoms with Crippen LogP contribution in [0.25, 0.3) is 0 Å². The molecule has 0 radical (unpaired) electrons. The molecule has 0 spiro atoms. The van der Waals surface area contributed by atoms with E-state index in [4.69, 9.17) is 4.74 Å². The molecule has 0 amide bonds. The van der Waals surface area contributed by atoms with Crippen molar-refractivity contribution in [2.24, 2.45) is 16.9 Å². The van der Waals surface area contributed by atoms with Gasteiger partial charge < -0.3 is 9.84 Å². The molecule has 2 atom stereocenters. The third-order valence-corrected chi connectivity index (χ3v) is 3.71. The number of hydrazone groups is 1. The minimum atomic E-state index is -0.647. The number of allylic oxidation sites excluding steroid dienone is 1. The first-order chi connectivity index (χ1) is 8.39. The Morgan fingerprint density at radius 2 is 2.22 bits per heavy atom. The van der Waals surface area contributed by atoms with E-state index < -0.39 is 6.23 Å². The zero-order valence-corrected chi connectivity index (χ0v) is 11.7. The van der Waals surface area contributed by atoms with Gasteiger partial charge in [0.25, 0.3) is 0 Å². The van der Waals surface area contributed by atoms with Gasteiger partial charge in [-0.05, 0) is 50.2 Å². The topological polar surface area (TPSA) is 53.9 Å². The van der Waals surface area contributed by atoms with Crippen molar-refractivity contribution < 1.29 is 9.84 Å². The van der Waals surface area contributed by atoms with Crippen molar-refractivity contribution in [3.05, 3.63) is 11.6 Å². The van der Waals surface area contributed by atoms with Crippen molar-refractivity contribution in [2.45, 2.75) is 52.4 Å². The summed E-state index contributed by atoms with van der Waals surface area (Å²) in [5.74, 6) is 0.744. The molecule has 102 valence electrons. The van der Waals surface area contributed by atoms with E-state index in [0.717, 1.165) is 30.7 Å². The lowest BCUT2D eigenvalue weighted by Gasteiger charge is -2.38. The Morgan fingerprint density at radius 3 is 2.83 bits per heavy atom. The average molecular weight is 252 g/mol. The minimum absolute atomic E-state index is 0.101. The number of nitrogens with one attached hydrogen (secondary N) is 1. The Balaban J connectivity index is 2.17. The van der Waals surface area contributed by atoms with Crippen LogP contribution < -0.4 is 5.43 Å². The third-order valence-electron chi connectivity index (χ3n) is 3.71. The number of ether oxygens (including phenoxy) is 1. The van der Waals surface area contributed by atoms with Crippen molar-refractivity contribution >= 4 is 5.71 Å². The zero-order chi connectivity index (χ0) is 13.3. The molecule has 0 bridgehead atoms. The number of aliphatic hydroxyl groups excluding tert-OH is 1. The minimum Gasteiger partial charge on any atom is -0.376 e. The smallest absolute Gasteiger partial charge is 0.162 e. The highest BCUT2D eigenvalue weighted by Crippen LogP contribution is 2.35. The maximum absolute atomic E-state index is 10.1. The van der Waals surface area contributed by atoms with Crippen LogP contribution in [0.15, 0.2) is 16.8 Å². The van der Waals surface area contributed by atoms with Crippen LogP contribution in [-0.2, 0) is 4.74 Å². The molecule has 0 aromatic heterocycles. The van der Waals surface area contributed by atoms with Crippen molar-refractivity contribution in [3.63, 3.8) is 0 Å². The van der Waals surface area contributed by atoms with Gasteiger partial charge in [0.2, 0.25) is 0 Å². The van der Waals surface area contributed by atoms with Crippen molar-refractivity contribution in [1.29, 1.82) is 0 Å². The molecule has 2 unspecified atom stereocenters. The van der Waals surface area contributed by atoms with Crippen molar-refractivity contribution in [2.75, 3.05) is 6.61 Å². The van der Waals surface area contributed by atoms with E-state index in [-0.39, 0.29) is 5.60 Å². The van der Waals surface area contributed by atoms with Crippen molar-refractivity contribution in [1.82, 2.24) is 5.43 Å². The largest absolute Gasteiger partial charge is 0.376 e. The molecule has 2 heterocycles. The fourth-order valence-corrected chi connectivity index (χ4v) is 2.65. The summed E-state index contributed by atoms with van der Waals surface area (Å²) in [6.07, 6.45) is 3.34. The molecule has 4 nitrogen and oxygen atoms in total. The standard InChI is InChI=1S/C14H24N2O2/c1-9(2)12-7-11(13(17)16-15-12)10-5-6-18-14(3,4)8-10/h7,9-10,13,16-17H,5-6,8H2,1-4H3. The number of rotatable bonds is 2. The summed E-state index contributed by atoms with van der Waals surface area (Å²) in [6, 6.07) is 0. The summed E-state index contributed by atoms with van der Waals surface area (Å²) in [4.78, 5) is 0. The molecule has 4 heteroatoms. The summed E-state index contributed by atoms with van der Waals surface area (Å²) < 4.78 is 5.74. The van der Waals surface area contributed by atoms with Crippen LogP contribution in [0.3, 0.4) is 0 Å². The molecular formula is C14H24N2O2. The van der Waals surface area contributed by atoms with Crippen LogP contribution in [0.4, 0.5) is 0 Å². The summed E-state index contributed by atoms with van der Waals surface area (Å²) in [5, 5.41) is 14.3. The lowest BCUT2D eigenvalue weighted by Crippen LogP contribution is -2.41. The van der Waals surface area contributed by atoms with E-state index in [0.29, 0.717) is 11.8 Å². The summed E-state index contributed by atoms with van der Waals surface area (Å²) in [5.41, 5.74) is 4.80. The molecular weight excluding hydrogens is 228 g/mol. The van der Waals surface area contributed by atoms with Gasteiger partial charge in [0.05, 0.1) is 11.3 Å². The highest BCUT2D eigenvalue weighted by Gasteiger charge is 2.34. The first-order valence-corrected chi connectivity index (χ1v) is 6.76. The second-order valence-electron chi connectivity index (χ2n) is 6.17. The van der Waals surface area contributed by atoms with Gasteiger partial charge in [-0.2, -0.15) is 5.10 Å². The quantitative estimate of drug-likeness (QED) is 0.791. The van der Waals surface area contributed by atoms with Gasteiger partial charge in [-0.25, -0.2) is 0 Å². The monoisotopic (exact) mass is 252 g/mol. The van der Waals surface area contributed by atoms with Gasteiger partial charge in [-0.1, -0.05) is 13.8 Å². The van der Waals surface area contributed by atoms with Gasteiger partial charge in [-0.15, -0.1) is 0 Å². The van der Waals surface area contributed by atoms with Crippen molar-refractivity contribution in [3.8, 4) is 0 Å². The maximum Gasteiger partial charge on any atom is 0.162 e. The van der Waals surface area contributed by atoms with E-state index >= 15 is 0 Å². The lowest BCUT2D eigenvalue weighted by atomic mass is 9.81. The Labute approximate surface area is 109 Å². The van der Waals surface area contributed by atoms with Gasteiger partial charge in [-0.3, -0.25) is 5.43 Å². The lowest BCUT2D eigenvalue weighted by molar-refractivity contribution is -0.0693. The molecule has 0 aliphatic carbocycles. The molecule has 0 aromatic rings. The summed E-state index contributed by atoms with van der Waals surface area (Å²) in [7, 11) is 0. The van der Waals surface area contributed by atoms with E-state index in [9.17, 15) is 5.11 Å². The Bertz CT molecular complexity index is 372. The molecule has 2 aliphatic heterocycles. The highest BCUT2D eigenvalue weighted by molar-refractivity contribution is 5.97. The molecule has 2 rings (SSSR count). The van der Waals surface area contributed by atoms with Crippen LogP contribution in [0.5, 0.6) is 0 Å². The Hall–Kier alpha value is -0.870. The number of hydrogen-bond donors (Lipinski definition) is 2. The molecule has 1 fully saturated rings. The SMILES string of the molecule is CC(C)C1=NNC(O)C(C2CCOC(C)(C)C2)=C1. The van der Waals surface area contributed by atoms with Crippen LogP contribution in [0.2, 0.25) is 0 Å². The van der Waals surface area contributed by atoms with Crippen LogP contribution >= 0.6 is 0 Å². The van der Waals surface area contributed by atoms with Crippen LogP contribution in [0, 0.1) is 11.8 Å². The molecule has 2 aliphatic rings. The molecule has 1 saturated heterocycles. The van der Waals surface area contributed by atoms with E-state index in [1.807, 2.05) is 0 Å². The van der Waals surface area contributed by atoms with Gasteiger partial charge in [0.15, 0.2) is 6.23 Å². The zero-order valence-electron chi connectivity index (χ0n) is 11.7. The van der Waals surface area contributed by atoms with Crippen LogP contribution in [0.1, 0.15) is 40.5 Å². The summed E-state index contributed by atoms with van der Waals surface area (Å²) in [6.45, 7) is 9.20. The second kappa shape index (κ2) is 5.02. The molecule has 0 aromatic carbocycles. The normalized spacial score (nSPS) is 31.7. The molecule has 2 N–H and O–H groups in total. The second-order valence-corrected chi connectivity index (χ2v) is 6.17. The van der Waals surface area contributed by atoms with E-state index in [1.54, 1.807) is 0 Å². The Morgan fingerprint density at radius 1 is 1.50 bits per heavy atom. The predicted octanol–water partition coefficient (Wildman–Crippen LogP) is 2.05. The van der Waals surface area contributed by atoms with Gasteiger partial charge in [0, 0.05) is 6.61 Å². The van der Waals surface area contributed by atoms with E-state index in [1.165, 1.54) is 0 Å². The molecule has 18 heavy (non-hydrogen) atoms. The predicted molar refractivity (Wildman–Crippen MR) is 72.3 cm³/mol. The summed E-state index contributed by atoms with van der Waals surface area (Å²) >= 11 is 0. The van der Waals surface area contributed by atoms with E-state index in [2.05, 4.69) is 44.3 Å². The number of hydrogen-bond acceptors (Lipinski definition) is 4. The maximum atomic E-state index is 10.1. The average Bonchev–Trinajstić information content (AvgIpc) is 2.27. The van der Waals surface area contributed by atoms with Gasteiger partial charge >= 0.3 is 0 Å².